The van der Waals surface area contributed by atoms with Gasteiger partial charge in [0.1, 0.15) is 5.56 Å². The number of nitrogens with zero attached hydrogens (tertiary/aromatic N) is 2. The summed E-state index contributed by atoms with van der Waals surface area (Å²) < 4.78 is 1.64. The quantitative estimate of drug-likeness (QED) is 0.736. The smallest absolute Gasteiger partial charge is 0.339 e. The molecule has 0 bridgehead atoms. The molecule has 0 atom stereocenters. The van der Waals surface area contributed by atoms with Gasteiger partial charge in [-0.1, -0.05) is 6.92 Å². The zero-order valence-electron chi connectivity index (χ0n) is 7.24. The molecule has 1 aromatic rings. The van der Waals surface area contributed by atoms with Crippen molar-refractivity contribution < 1.29 is 9.90 Å². The third kappa shape index (κ3) is 1.47. The predicted molar refractivity (Wildman–Crippen MR) is 44.2 cm³/mol. The monoisotopic (exact) mass is 168 g/mol. The highest BCUT2D eigenvalue weighted by Crippen LogP contribution is 2.07. The van der Waals surface area contributed by atoms with Crippen molar-refractivity contribution in [3.05, 3.63) is 17.5 Å². The molecule has 1 heterocycles. The number of carbonyl (C=O) groups is 1. The van der Waals surface area contributed by atoms with Gasteiger partial charge < -0.3 is 5.11 Å². The van der Waals surface area contributed by atoms with Gasteiger partial charge in [0.25, 0.3) is 0 Å². The number of hydrogen-bond acceptors (Lipinski definition) is 2. The van der Waals surface area contributed by atoms with Crippen molar-refractivity contribution in [2.24, 2.45) is 0 Å². The Morgan fingerprint density at radius 1 is 1.67 bits per heavy atom. The molecule has 0 radical (unpaired) electrons. The Morgan fingerprint density at radius 3 is 2.67 bits per heavy atom. The molecule has 66 valence electrons. The van der Waals surface area contributed by atoms with Crippen LogP contribution in [0, 0.1) is 0 Å². The van der Waals surface area contributed by atoms with E-state index < -0.39 is 5.97 Å². The summed E-state index contributed by atoms with van der Waals surface area (Å²) in [6, 6.07) is 0. The molecule has 0 aliphatic rings. The first-order valence-corrected chi connectivity index (χ1v) is 3.98. The van der Waals surface area contributed by atoms with E-state index in [1.165, 1.54) is 0 Å². The van der Waals surface area contributed by atoms with Gasteiger partial charge in [-0.3, -0.25) is 4.68 Å². The van der Waals surface area contributed by atoms with E-state index in [1.807, 2.05) is 13.8 Å². The van der Waals surface area contributed by atoms with Gasteiger partial charge in [0.15, 0.2) is 0 Å². The average Bonchev–Trinajstić information content (AvgIpc) is 2.47. The molecule has 0 amide bonds. The van der Waals surface area contributed by atoms with Gasteiger partial charge in [-0.25, -0.2) is 4.79 Å². The third-order valence-corrected chi connectivity index (χ3v) is 1.73. The SMILES string of the molecule is CCc1nn(CC)cc1C(=O)O. The van der Waals surface area contributed by atoms with E-state index in [0.29, 0.717) is 24.2 Å². The Balaban J connectivity index is 3.08. The van der Waals surface area contributed by atoms with Crippen LogP contribution < -0.4 is 0 Å². The zero-order valence-corrected chi connectivity index (χ0v) is 7.24. The minimum atomic E-state index is -0.897. The van der Waals surface area contributed by atoms with Gasteiger partial charge in [-0.15, -0.1) is 0 Å². The van der Waals surface area contributed by atoms with Crippen LogP contribution in [0.3, 0.4) is 0 Å². The lowest BCUT2D eigenvalue weighted by molar-refractivity contribution is 0.0695. The van der Waals surface area contributed by atoms with E-state index in [1.54, 1.807) is 10.9 Å². The lowest BCUT2D eigenvalue weighted by Gasteiger charge is -1.90. The second-order valence-electron chi connectivity index (χ2n) is 2.50. The number of carboxylic acids is 1. The lowest BCUT2D eigenvalue weighted by Crippen LogP contribution is -1.98. The van der Waals surface area contributed by atoms with Crippen LogP contribution in [0.4, 0.5) is 0 Å². The highest BCUT2D eigenvalue weighted by molar-refractivity contribution is 5.88. The maximum atomic E-state index is 10.7. The number of hydrogen-bond donors (Lipinski definition) is 1. The van der Waals surface area contributed by atoms with E-state index in [4.69, 9.17) is 5.11 Å². The Kier molecular flexibility index (Phi) is 2.47. The second kappa shape index (κ2) is 3.38. The van der Waals surface area contributed by atoms with Crippen molar-refractivity contribution in [3.63, 3.8) is 0 Å². The van der Waals surface area contributed by atoms with Crippen LogP contribution in [-0.2, 0) is 13.0 Å². The summed E-state index contributed by atoms with van der Waals surface area (Å²) in [5.41, 5.74) is 0.976. The lowest BCUT2D eigenvalue weighted by atomic mass is 10.2. The molecule has 1 N–H and O–H groups in total. The topological polar surface area (TPSA) is 55.1 Å². The van der Waals surface area contributed by atoms with Gasteiger partial charge in [0.2, 0.25) is 0 Å². The molecule has 0 aromatic carbocycles. The third-order valence-electron chi connectivity index (χ3n) is 1.73. The summed E-state index contributed by atoms with van der Waals surface area (Å²) in [5.74, 6) is -0.897. The molecule has 0 aliphatic heterocycles. The first-order valence-electron chi connectivity index (χ1n) is 3.98. The van der Waals surface area contributed by atoms with Crippen molar-refractivity contribution in [3.8, 4) is 0 Å². The molecule has 0 spiro atoms. The number of carboxylic acid groups (broad SMARTS) is 1. The zero-order chi connectivity index (χ0) is 9.14. The predicted octanol–water partition coefficient (Wildman–Crippen LogP) is 1.16. The molecular formula is C8H12N2O2. The molecular weight excluding hydrogens is 156 g/mol. The van der Waals surface area contributed by atoms with Gasteiger partial charge >= 0.3 is 5.97 Å². The molecule has 0 fully saturated rings. The van der Waals surface area contributed by atoms with Crippen LogP contribution in [-0.4, -0.2) is 20.9 Å². The Labute approximate surface area is 70.8 Å². The van der Waals surface area contributed by atoms with Crippen LogP contribution in [0.1, 0.15) is 29.9 Å². The molecule has 0 aliphatic carbocycles. The van der Waals surface area contributed by atoms with Gasteiger partial charge in [0, 0.05) is 12.7 Å². The molecule has 1 aromatic heterocycles. The average molecular weight is 168 g/mol. The van der Waals surface area contributed by atoms with Gasteiger partial charge in [-0.2, -0.15) is 5.10 Å². The largest absolute Gasteiger partial charge is 0.478 e. The molecule has 4 nitrogen and oxygen atoms in total. The highest BCUT2D eigenvalue weighted by Gasteiger charge is 2.12. The van der Waals surface area contributed by atoms with Crippen molar-refractivity contribution in [2.45, 2.75) is 26.8 Å². The normalized spacial score (nSPS) is 10.2. The van der Waals surface area contributed by atoms with Crippen LogP contribution >= 0.6 is 0 Å². The van der Waals surface area contributed by atoms with E-state index in [2.05, 4.69) is 5.10 Å². The minimum Gasteiger partial charge on any atom is -0.478 e. The van der Waals surface area contributed by atoms with Gasteiger partial charge in [0.05, 0.1) is 5.69 Å². The molecule has 0 saturated heterocycles. The first-order chi connectivity index (χ1) is 5.69. The van der Waals surface area contributed by atoms with Crippen molar-refractivity contribution >= 4 is 5.97 Å². The summed E-state index contributed by atoms with van der Waals surface area (Å²) in [4.78, 5) is 10.7. The van der Waals surface area contributed by atoms with Crippen molar-refractivity contribution in [1.82, 2.24) is 9.78 Å². The maximum Gasteiger partial charge on any atom is 0.339 e. The van der Waals surface area contributed by atoms with Crippen molar-refractivity contribution in [2.75, 3.05) is 0 Å². The second-order valence-corrected chi connectivity index (χ2v) is 2.50. The summed E-state index contributed by atoms with van der Waals surface area (Å²) in [7, 11) is 0. The Bertz CT molecular complexity index is 291. The number of aryl methyl sites for hydroxylation is 2. The Morgan fingerprint density at radius 2 is 2.33 bits per heavy atom. The molecule has 0 unspecified atom stereocenters. The molecule has 0 saturated carbocycles. The first kappa shape index (κ1) is 8.77. The fourth-order valence-electron chi connectivity index (χ4n) is 1.06. The number of aromatic carboxylic acids is 1. The minimum absolute atomic E-state index is 0.319. The van der Waals surface area contributed by atoms with Crippen molar-refractivity contribution in [1.29, 1.82) is 0 Å². The Hall–Kier alpha value is -1.32. The van der Waals surface area contributed by atoms with E-state index in [9.17, 15) is 4.79 Å². The molecule has 12 heavy (non-hydrogen) atoms. The van der Waals surface area contributed by atoms with E-state index in [-0.39, 0.29) is 0 Å². The summed E-state index contributed by atoms with van der Waals surface area (Å²) in [6.45, 7) is 4.53. The van der Waals surface area contributed by atoms with E-state index in [0.717, 1.165) is 0 Å². The number of aromatic nitrogens is 2. The maximum absolute atomic E-state index is 10.7. The summed E-state index contributed by atoms with van der Waals surface area (Å²) >= 11 is 0. The summed E-state index contributed by atoms with van der Waals surface area (Å²) in [6.07, 6.45) is 2.23. The van der Waals surface area contributed by atoms with Crippen LogP contribution in [0.25, 0.3) is 0 Å². The van der Waals surface area contributed by atoms with Crippen LogP contribution in [0.15, 0.2) is 6.20 Å². The highest BCUT2D eigenvalue weighted by atomic mass is 16.4. The summed E-state index contributed by atoms with van der Waals surface area (Å²) in [5, 5.41) is 12.9. The molecule has 4 heteroatoms. The van der Waals surface area contributed by atoms with E-state index >= 15 is 0 Å². The standard InChI is InChI=1S/C8H12N2O2/c1-3-7-6(8(11)12)5-10(4-2)9-7/h5H,3-4H2,1-2H3,(H,11,12). The number of rotatable bonds is 3. The molecule has 1 rings (SSSR count). The van der Waals surface area contributed by atoms with Gasteiger partial charge in [-0.05, 0) is 13.3 Å². The van der Waals surface area contributed by atoms with Crippen LogP contribution in [0.5, 0.6) is 0 Å². The fourth-order valence-corrected chi connectivity index (χ4v) is 1.06. The fraction of sp³-hybridized carbons (Fsp3) is 0.500. The van der Waals surface area contributed by atoms with Crippen LogP contribution in [0.2, 0.25) is 0 Å².